The third-order valence-corrected chi connectivity index (χ3v) is 3.10. The number of carboxylic acid groups (broad SMARTS) is 1. The topological polar surface area (TPSA) is 76.1 Å². The average Bonchev–Trinajstić information content (AvgIpc) is 2.40. The number of ether oxygens (including phenoxy) is 2. The number of carbonyl (C=O) groups excluding carboxylic acids is 1. The molecule has 0 aliphatic carbocycles. The van der Waals surface area contributed by atoms with Crippen molar-refractivity contribution in [3.63, 3.8) is 0 Å². The molecule has 0 saturated carbocycles. The lowest BCUT2D eigenvalue weighted by Crippen LogP contribution is -2.35. The first-order chi connectivity index (χ1) is 9.04. The standard InChI is InChI=1S/C13H15NO5/c1-14-10-5-8(9(6-18-2)13(16)17)3-4-11(10)19-7-12(14)15/h3-5,9H,6-7H2,1-2H3,(H,16,17). The van der Waals surface area contributed by atoms with Crippen molar-refractivity contribution in [2.75, 3.05) is 32.3 Å². The van der Waals surface area contributed by atoms with Crippen LogP contribution in [-0.2, 0) is 14.3 Å². The molecule has 1 atom stereocenters. The number of carbonyl (C=O) groups is 2. The molecule has 0 spiro atoms. The summed E-state index contributed by atoms with van der Waals surface area (Å²) in [6.07, 6.45) is 0. The van der Waals surface area contributed by atoms with E-state index in [1.54, 1.807) is 25.2 Å². The fraction of sp³-hybridized carbons (Fsp3) is 0.385. The fourth-order valence-corrected chi connectivity index (χ4v) is 1.98. The van der Waals surface area contributed by atoms with Gasteiger partial charge in [0.25, 0.3) is 5.91 Å². The van der Waals surface area contributed by atoms with E-state index in [1.165, 1.54) is 12.0 Å². The molecule has 6 heteroatoms. The summed E-state index contributed by atoms with van der Waals surface area (Å²) in [6, 6.07) is 5.02. The van der Waals surface area contributed by atoms with E-state index in [-0.39, 0.29) is 19.1 Å². The van der Waals surface area contributed by atoms with Gasteiger partial charge >= 0.3 is 5.97 Å². The number of methoxy groups -OCH3 is 1. The number of hydrogen-bond acceptors (Lipinski definition) is 4. The van der Waals surface area contributed by atoms with Crippen LogP contribution in [0.15, 0.2) is 18.2 Å². The number of amides is 1. The normalized spacial score (nSPS) is 15.7. The Hall–Kier alpha value is -2.08. The van der Waals surface area contributed by atoms with Crippen molar-refractivity contribution in [2.45, 2.75) is 5.92 Å². The van der Waals surface area contributed by atoms with Gasteiger partial charge in [0.05, 0.1) is 12.3 Å². The number of benzene rings is 1. The molecule has 1 aliphatic rings. The van der Waals surface area contributed by atoms with Crippen LogP contribution in [0, 0.1) is 0 Å². The van der Waals surface area contributed by atoms with E-state index in [0.717, 1.165) is 0 Å². The van der Waals surface area contributed by atoms with E-state index in [0.29, 0.717) is 17.0 Å². The summed E-state index contributed by atoms with van der Waals surface area (Å²) in [5.41, 5.74) is 1.16. The summed E-state index contributed by atoms with van der Waals surface area (Å²) in [6.45, 7) is 0.0793. The SMILES string of the molecule is COCC(C(=O)O)c1ccc2c(c1)N(C)C(=O)CO2. The maximum absolute atomic E-state index is 11.6. The molecule has 6 nitrogen and oxygen atoms in total. The molecule has 1 aliphatic heterocycles. The molecule has 0 fully saturated rings. The summed E-state index contributed by atoms with van der Waals surface area (Å²) in [4.78, 5) is 24.2. The van der Waals surface area contributed by atoms with Gasteiger partial charge in [-0.15, -0.1) is 0 Å². The van der Waals surface area contributed by atoms with Gasteiger partial charge in [-0.25, -0.2) is 0 Å². The zero-order valence-electron chi connectivity index (χ0n) is 10.8. The molecule has 0 saturated heterocycles. The minimum atomic E-state index is -0.965. The molecule has 102 valence electrons. The Balaban J connectivity index is 2.39. The minimum Gasteiger partial charge on any atom is -0.482 e. The van der Waals surface area contributed by atoms with Gasteiger partial charge in [0.15, 0.2) is 6.61 Å². The number of rotatable bonds is 4. The van der Waals surface area contributed by atoms with E-state index < -0.39 is 11.9 Å². The van der Waals surface area contributed by atoms with Crippen molar-refractivity contribution in [1.82, 2.24) is 0 Å². The third kappa shape index (κ3) is 2.53. The highest BCUT2D eigenvalue weighted by Gasteiger charge is 2.26. The zero-order valence-corrected chi connectivity index (χ0v) is 10.8. The molecule has 1 aromatic rings. The predicted octanol–water partition coefficient (Wildman–Crippen LogP) is 0.856. The van der Waals surface area contributed by atoms with Crippen molar-refractivity contribution in [1.29, 1.82) is 0 Å². The molecule has 1 aromatic carbocycles. The molecule has 0 aromatic heterocycles. The van der Waals surface area contributed by atoms with Gasteiger partial charge in [-0.1, -0.05) is 6.07 Å². The van der Waals surface area contributed by atoms with Crippen LogP contribution in [-0.4, -0.2) is 44.4 Å². The Bertz CT molecular complexity index is 514. The van der Waals surface area contributed by atoms with Crippen LogP contribution in [0.4, 0.5) is 5.69 Å². The molecule has 0 radical (unpaired) electrons. The van der Waals surface area contributed by atoms with Crippen molar-refractivity contribution in [3.05, 3.63) is 23.8 Å². The first-order valence-corrected chi connectivity index (χ1v) is 5.79. The zero-order chi connectivity index (χ0) is 14.0. The summed E-state index contributed by atoms with van der Waals surface area (Å²) in [5, 5.41) is 9.19. The molecule has 1 unspecified atom stereocenters. The lowest BCUT2D eigenvalue weighted by atomic mass is 9.98. The van der Waals surface area contributed by atoms with Crippen molar-refractivity contribution in [3.8, 4) is 5.75 Å². The van der Waals surface area contributed by atoms with Crippen LogP contribution in [0.5, 0.6) is 5.75 Å². The number of anilines is 1. The van der Waals surface area contributed by atoms with E-state index in [2.05, 4.69) is 0 Å². The molecular weight excluding hydrogens is 250 g/mol. The lowest BCUT2D eigenvalue weighted by molar-refractivity contribution is -0.140. The predicted molar refractivity (Wildman–Crippen MR) is 67.6 cm³/mol. The number of fused-ring (bicyclic) bond motifs is 1. The van der Waals surface area contributed by atoms with Crippen LogP contribution >= 0.6 is 0 Å². The second-order valence-corrected chi connectivity index (χ2v) is 4.31. The van der Waals surface area contributed by atoms with Gasteiger partial charge in [0, 0.05) is 14.2 Å². The summed E-state index contributed by atoms with van der Waals surface area (Å²) in [7, 11) is 3.09. The number of carboxylic acids is 1. The molecule has 1 N–H and O–H groups in total. The number of nitrogens with zero attached hydrogens (tertiary/aromatic N) is 1. The lowest BCUT2D eigenvalue weighted by Gasteiger charge is -2.27. The molecule has 1 heterocycles. The Morgan fingerprint density at radius 1 is 1.58 bits per heavy atom. The Morgan fingerprint density at radius 3 is 2.95 bits per heavy atom. The number of likely N-dealkylation sites (N-methyl/N-ethyl adjacent to an activating group) is 1. The summed E-state index contributed by atoms with van der Waals surface area (Å²) in [5.74, 6) is -1.32. The van der Waals surface area contributed by atoms with Crippen molar-refractivity contribution in [2.24, 2.45) is 0 Å². The van der Waals surface area contributed by atoms with Crippen molar-refractivity contribution >= 4 is 17.6 Å². The Morgan fingerprint density at radius 2 is 2.32 bits per heavy atom. The second-order valence-electron chi connectivity index (χ2n) is 4.31. The second kappa shape index (κ2) is 5.27. The highest BCUT2D eigenvalue weighted by Crippen LogP contribution is 2.34. The van der Waals surface area contributed by atoms with Gasteiger partial charge in [0.2, 0.25) is 0 Å². The van der Waals surface area contributed by atoms with Crippen LogP contribution in [0.3, 0.4) is 0 Å². The van der Waals surface area contributed by atoms with E-state index >= 15 is 0 Å². The van der Waals surface area contributed by atoms with Gasteiger partial charge in [-0.2, -0.15) is 0 Å². The van der Waals surface area contributed by atoms with Crippen molar-refractivity contribution < 1.29 is 24.2 Å². The van der Waals surface area contributed by atoms with Gasteiger partial charge < -0.3 is 19.5 Å². The minimum absolute atomic E-state index is 0.00325. The van der Waals surface area contributed by atoms with E-state index in [1.807, 2.05) is 0 Å². The Labute approximate surface area is 110 Å². The third-order valence-electron chi connectivity index (χ3n) is 3.10. The number of hydrogen-bond donors (Lipinski definition) is 1. The van der Waals surface area contributed by atoms with Crippen LogP contribution < -0.4 is 9.64 Å². The Kier molecular flexibility index (Phi) is 3.71. The summed E-state index contributed by atoms with van der Waals surface area (Å²) >= 11 is 0. The first-order valence-electron chi connectivity index (χ1n) is 5.79. The van der Waals surface area contributed by atoms with E-state index in [4.69, 9.17) is 9.47 Å². The smallest absolute Gasteiger partial charge is 0.313 e. The maximum Gasteiger partial charge on any atom is 0.313 e. The summed E-state index contributed by atoms with van der Waals surface area (Å²) < 4.78 is 10.2. The molecule has 2 rings (SSSR count). The van der Waals surface area contributed by atoms with Crippen LogP contribution in [0.2, 0.25) is 0 Å². The molecular formula is C13H15NO5. The van der Waals surface area contributed by atoms with Gasteiger partial charge in [-0.3, -0.25) is 9.59 Å². The molecule has 19 heavy (non-hydrogen) atoms. The quantitative estimate of drug-likeness (QED) is 0.873. The van der Waals surface area contributed by atoms with Crippen LogP contribution in [0.1, 0.15) is 11.5 Å². The molecule has 0 bridgehead atoms. The molecule has 1 amide bonds. The first kappa shape index (κ1) is 13.4. The average molecular weight is 265 g/mol. The maximum atomic E-state index is 11.6. The van der Waals surface area contributed by atoms with E-state index in [9.17, 15) is 14.7 Å². The highest BCUT2D eigenvalue weighted by atomic mass is 16.5. The number of aliphatic carboxylic acids is 1. The fourth-order valence-electron chi connectivity index (χ4n) is 1.98. The van der Waals surface area contributed by atoms with Crippen LogP contribution in [0.25, 0.3) is 0 Å². The highest BCUT2D eigenvalue weighted by molar-refractivity contribution is 5.97. The monoisotopic (exact) mass is 265 g/mol. The largest absolute Gasteiger partial charge is 0.482 e. The van der Waals surface area contributed by atoms with Gasteiger partial charge in [0.1, 0.15) is 11.7 Å². The van der Waals surface area contributed by atoms with Gasteiger partial charge in [-0.05, 0) is 17.7 Å².